The Morgan fingerprint density at radius 3 is 2.75 bits per heavy atom. The van der Waals surface area contributed by atoms with Crippen LogP contribution in [-0.2, 0) is 4.79 Å². The third-order valence-electron chi connectivity index (χ3n) is 4.06. The van der Waals surface area contributed by atoms with E-state index in [1.54, 1.807) is 0 Å². The SMILES string of the molecule is CCN(C(=O)CCNC1CCCC1)c1cccc(C)c1. The van der Waals surface area contributed by atoms with Crippen molar-refractivity contribution in [2.45, 2.75) is 52.0 Å². The summed E-state index contributed by atoms with van der Waals surface area (Å²) in [5.74, 6) is 0.212. The fraction of sp³-hybridized carbons (Fsp3) is 0.588. The van der Waals surface area contributed by atoms with E-state index in [1.165, 1.54) is 31.2 Å². The van der Waals surface area contributed by atoms with Crippen LogP contribution in [0.2, 0.25) is 0 Å². The van der Waals surface area contributed by atoms with Gasteiger partial charge in [-0.25, -0.2) is 0 Å². The van der Waals surface area contributed by atoms with Gasteiger partial charge in [-0.15, -0.1) is 0 Å². The van der Waals surface area contributed by atoms with Gasteiger partial charge in [-0.05, 0) is 44.4 Å². The molecule has 0 unspecified atom stereocenters. The Hall–Kier alpha value is -1.35. The van der Waals surface area contributed by atoms with Crippen LogP contribution in [-0.4, -0.2) is 25.0 Å². The van der Waals surface area contributed by atoms with Crippen LogP contribution in [0, 0.1) is 6.92 Å². The van der Waals surface area contributed by atoms with Crippen LogP contribution in [0.3, 0.4) is 0 Å². The Kier molecular flexibility index (Phi) is 5.60. The monoisotopic (exact) mass is 274 g/mol. The second-order valence-corrected chi connectivity index (χ2v) is 5.66. The molecule has 1 aliphatic carbocycles. The summed E-state index contributed by atoms with van der Waals surface area (Å²) in [6.45, 7) is 5.62. The molecule has 1 aromatic rings. The average molecular weight is 274 g/mol. The molecule has 20 heavy (non-hydrogen) atoms. The second kappa shape index (κ2) is 7.44. The van der Waals surface area contributed by atoms with Gasteiger partial charge in [0, 0.05) is 31.2 Å². The van der Waals surface area contributed by atoms with E-state index in [2.05, 4.69) is 24.4 Å². The lowest BCUT2D eigenvalue weighted by molar-refractivity contribution is -0.118. The van der Waals surface area contributed by atoms with Gasteiger partial charge in [0.2, 0.25) is 5.91 Å². The summed E-state index contributed by atoms with van der Waals surface area (Å²) in [4.78, 5) is 14.2. The molecule has 0 saturated heterocycles. The zero-order chi connectivity index (χ0) is 14.4. The summed E-state index contributed by atoms with van der Waals surface area (Å²) in [5.41, 5.74) is 2.20. The van der Waals surface area contributed by atoms with Crippen molar-refractivity contribution < 1.29 is 4.79 Å². The molecule has 1 fully saturated rings. The number of carbonyl (C=O) groups excluding carboxylic acids is 1. The highest BCUT2D eigenvalue weighted by Gasteiger charge is 2.16. The van der Waals surface area contributed by atoms with Crippen LogP contribution in [0.5, 0.6) is 0 Å². The Balaban J connectivity index is 1.85. The molecule has 0 atom stereocenters. The molecule has 2 rings (SSSR count). The maximum absolute atomic E-state index is 12.3. The van der Waals surface area contributed by atoms with Crippen molar-refractivity contribution in [2.24, 2.45) is 0 Å². The van der Waals surface area contributed by atoms with Crippen molar-refractivity contribution in [3.63, 3.8) is 0 Å². The third-order valence-corrected chi connectivity index (χ3v) is 4.06. The van der Waals surface area contributed by atoms with Crippen LogP contribution in [0.4, 0.5) is 5.69 Å². The molecule has 1 N–H and O–H groups in total. The number of nitrogens with one attached hydrogen (secondary N) is 1. The first-order chi connectivity index (χ1) is 9.70. The molecule has 0 aromatic heterocycles. The summed E-state index contributed by atoms with van der Waals surface area (Å²) in [6.07, 6.45) is 5.78. The number of benzene rings is 1. The highest BCUT2D eigenvalue weighted by Crippen LogP contribution is 2.18. The van der Waals surface area contributed by atoms with Crippen molar-refractivity contribution in [2.75, 3.05) is 18.0 Å². The number of aryl methyl sites for hydroxylation is 1. The number of hydrogen-bond acceptors (Lipinski definition) is 2. The number of hydrogen-bond donors (Lipinski definition) is 1. The lowest BCUT2D eigenvalue weighted by atomic mass is 10.2. The Bertz CT molecular complexity index is 438. The zero-order valence-corrected chi connectivity index (χ0v) is 12.7. The topological polar surface area (TPSA) is 32.3 Å². The molecule has 1 aromatic carbocycles. The predicted molar refractivity (Wildman–Crippen MR) is 84.1 cm³/mol. The van der Waals surface area contributed by atoms with Crippen LogP contribution in [0.1, 0.15) is 44.6 Å². The van der Waals surface area contributed by atoms with Crippen LogP contribution in [0.15, 0.2) is 24.3 Å². The predicted octanol–water partition coefficient (Wildman–Crippen LogP) is 3.27. The molecule has 0 heterocycles. The number of amides is 1. The lowest BCUT2D eigenvalue weighted by Gasteiger charge is -2.22. The number of carbonyl (C=O) groups is 1. The molecule has 3 nitrogen and oxygen atoms in total. The Morgan fingerprint density at radius 1 is 1.35 bits per heavy atom. The van der Waals surface area contributed by atoms with Crippen molar-refractivity contribution in [3.8, 4) is 0 Å². The smallest absolute Gasteiger partial charge is 0.228 e. The van der Waals surface area contributed by atoms with Gasteiger partial charge < -0.3 is 10.2 Å². The molecule has 1 saturated carbocycles. The standard InChI is InChI=1S/C17H26N2O/c1-3-19(16-10-6-7-14(2)13-16)17(20)11-12-18-15-8-4-5-9-15/h6-7,10,13,15,18H,3-5,8-9,11-12H2,1-2H3. The summed E-state index contributed by atoms with van der Waals surface area (Å²) in [5, 5.41) is 3.51. The van der Waals surface area contributed by atoms with Crippen molar-refractivity contribution >= 4 is 11.6 Å². The fourth-order valence-electron chi connectivity index (χ4n) is 2.95. The first-order valence-corrected chi connectivity index (χ1v) is 7.81. The van der Waals surface area contributed by atoms with Crippen LogP contribution < -0.4 is 10.2 Å². The molecule has 3 heteroatoms. The molecule has 0 spiro atoms. The van der Waals surface area contributed by atoms with Gasteiger partial charge in [0.05, 0.1) is 0 Å². The third kappa shape index (κ3) is 4.07. The highest BCUT2D eigenvalue weighted by molar-refractivity contribution is 5.93. The van der Waals surface area contributed by atoms with E-state index in [4.69, 9.17) is 0 Å². The summed E-state index contributed by atoms with van der Waals surface area (Å²) in [7, 11) is 0. The summed E-state index contributed by atoms with van der Waals surface area (Å²) < 4.78 is 0. The highest BCUT2D eigenvalue weighted by atomic mass is 16.2. The molecule has 1 aliphatic rings. The normalized spacial score (nSPS) is 15.5. The Labute approximate surface area is 122 Å². The number of rotatable bonds is 6. The van der Waals surface area contributed by atoms with Crippen LogP contribution >= 0.6 is 0 Å². The van der Waals surface area contributed by atoms with Gasteiger partial charge in [-0.2, -0.15) is 0 Å². The lowest BCUT2D eigenvalue weighted by Crippen LogP contribution is -2.35. The maximum Gasteiger partial charge on any atom is 0.228 e. The van der Waals surface area contributed by atoms with Gasteiger partial charge in [0.25, 0.3) is 0 Å². The van der Waals surface area contributed by atoms with Crippen molar-refractivity contribution in [3.05, 3.63) is 29.8 Å². The second-order valence-electron chi connectivity index (χ2n) is 5.66. The average Bonchev–Trinajstić information content (AvgIpc) is 2.93. The van der Waals surface area contributed by atoms with Gasteiger partial charge in [0.15, 0.2) is 0 Å². The van der Waals surface area contributed by atoms with Gasteiger partial charge >= 0.3 is 0 Å². The molecule has 1 amide bonds. The zero-order valence-electron chi connectivity index (χ0n) is 12.7. The van der Waals surface area contributed by atoms with E-state index in [0.717, 1.165) is 18.8 Å². The number of anilines is 1. The van der Waals surface area contributed by atoms with E-state index in [0.29, 0.717) is 12.5 Å². The van der Waals surface area contributed by atoms with Crippen molar-refractivity contribution in [1.82, 2.24) is 5.32 Å². The minimum absolute atomic E-state index is 0.212. The summed E-state index contributed by atoms with van der Waals surface area (Å²) >= 11 is 0. The van der Waals surface area contributed by atoms with E-state index in [-0.39, 0.29) is 5.91 Å². The van der Waals surface area contributed by atoms with E-state index >= 15 is 0 Å². The van der Waals surface area contributed by atoms with Crippen LogP contribution in [0.25, 0.3) is 0 Å². The van der Waals surface area contributed by atoms with Crippen molar-refractivity contribution in [1.29, 1.82) is 0 Å². The molecule has 0 radical (unpaired) electrons. The maximum atomic E-state index is 12.3. The molecular weight excluding hydrogens is 248 g/mol. The minimum Gasteiger partial charge on any atom is -0.313 e. The first kappa shape index (κ1) is 15.0. The molecular formula is C17H26N2O. The quantitative estimate of drug-likeness (QED) is 0.863. The van der Waals surface area contributed by atoms with Gasteiger partial charge in [-0.1, -0.05) is 25.0 Å². The molecule has 0 bridgehead atoms. The van der Waals surface area contributed by atoms with Gasteiger partial charge in [0.1, 0.15) is 0 Å². The largest absolute Gasteiger partial charge is 0.313 e. The molecule has 0 aliphatic heterocycles. The Morgan fingerprint density at radius 2 is 2.10 bits per heavy atom. The fourth-order valence-corrected chi connectivity index (χ4v) is 2.95. The van der Waals surface area contributed by atoms with E-state index < -0.39 is 0 Å². The summed E-state index contributed by atoms with van der Waals surface area (Å²) in [6, 6.07) is 8.79. The number of nitrogens with zero attached hydrogens (tertiary/aromatic N) is 1. The minimum atomic E-state index is 0.212. The van der Waals surface area contributed by atoms with E-state index in [1.807, 2.05) is 24.0 Å². The molecule has 110 valence electrons. The van der Waals surface area contributed by atoms with E-state index in [9.17, 15) is 4.79 Å². The first-order valence-electron chi connectivity index (χ1n) is 7.81. The van der Waals surface area contributed by atoms with Gasteiger partial charge in [-0.3, -0.25) is 4.79 Å².